The average Bonchev–Trinajstić information content (AvgIpc) is 3.36. The van der Waals surface area contributed by atoms with Crippen LogP contribution in [0.5, 0.6) is 0 Å². The summed E-state index contributed by atoms with van der Waals surface area (Å²) in [6, 6.07) is 11.8. The Kier molecular flexibility index (Phi) is 5.44. The van der Waals surface area contributed by atoms with E-state index < -0.39 is 0 Å². The second-order valence-electron chi connectivity index (χ2n) is 7.30. The minimum atomic E-state index is -0.364. The number of hydrogen-bond acceptors (Lipinski definition) is 7. The number of carbonyl (C=O) groups excluding carboxylic acids is 1. The first-order valence-electron chi connectivity index (χ1n) is 9.59. The zero-order chi connectivity index (χ0) is 20.4. The van der Waals surface area contributed by atoms with Gasteiger partial charge in [0.25, 0.3) is 0 Å². The van der Waals surface area contributed by atoms with Gasteiger partial charge in [-0.05, 0) is 18.9 Å². The maximum Gasteiger partial charge on any atom is 0.415 e. The highest BCUT2D eigenvalue weighted by molar-refractivity contribution is 7.15. The second kappa shape index (κ2) is 8.16. The van der Waals surface area contributed by atoms with Crippen LogP contribution in [0.3, 0.4) is 0 Å². The Morgan fingerprint density at radius 2 is 1.97 bits per heavy atom. The van der Waals surface area contributed by atoms with Crippen LogP contribution in [0.4, 0.5) is 16.6 Å². The minimum Gasteiger partial charge on any atom is -0.447 e. The van der Waals surface area contributed by atoms with Crippen LogP contribution in [0.2, 0.25) is 0 Å². The van der Waals surface area contributed by atoms with Crippen molar-refractivity contribution in [2.75, 3.05) is 16.8 Å². The highest BCUT2D eigenvalue weighted by atomic mass is 32.1. The molecule has 0 saturated carbocycles. The van der Waals surface area contributed by atoms with E-state index in [9.17, 15) is 4.79 Å². The third-order valence-corrected chi connectivity index (χ3v) is 6.11. The second-order valence-corrected chi connectivity index (χ2v) is 8.36. The fourth-order valence-corrected chi connectivity index (χ4v) is 4.13. The summed E-state index contributed by atoms with van der Waals surface area (Å²) in [5, 5.41) is 4.29. The molecule has 4 rings (SSSR count). The number of aromatic nitrogens is 3. The zero-order valence-corrected chi connectivity index (χ0v) is 17.4. The molecule has 150 valence electrons. The van der Waals surface area contributed by atoms with Crippen LogP contribution >= 0.6 is 11.3 Å². The van der Waals surface area contributed by atoms with Crippen molar-refractivity contribution >= 4 is 29.2 Å². The molecule has 1 amide bonds. The Labute approximate surface area is 173 Å². The van der Waals surface area contributed by atoms with E-state index >= 15 is 0 Å². The van der Waals surface area contributed by atoms with Crippen LogP contribution < -0.4 is 10.2 Å². The molecule has 1 aromatic carbocycles. The van der Waals surface area contributed by atoms with Crippen molar-refractivity contribution in [3.63, 3.8) is 0 Å². The number of hydrogen-bond donors (Lipinski definition) is 1. The van der Waals surface area contributed by atoms with Gasteiger partial charge in [0, 0.05) is 22.8 Å². The number of amides is 1. The van der Waals surface area contributed by atoms with Gasteiger partial charge in [0.2, 0.25) is 5.95 Å². The lowest BCUT2D eigenvalue weighted by atomic mass is 10.0. The Morgan fingerprint density at radius 1 is 1.17 bits per heavy atom. The van der Waals surface area contributed by atoms with Gasteiger partial charge in [0.05, 0.1) is 12.1 Å². The molecular formula is C21H23N5O2S. The van der Waals surface area contributed by atoms with Crippen LogP contribution in [-0.2, 0) is 4.74 Å². The van der Waals surface area contributed by atoms with Gasteiger partial charge in [-0.25, -0.2) is 14.8 Å². The summed E-state index contributed by atoms with van der Waals surface area (Å²) in [5.41, 5.74) is 1.10. The number of anilines is 2. The van der Waals surface area contributed by atoms with Crippen molar-refractivity contribution in [3.05, 3.63) is 53.7 Å². The summed E-state index contributed by atoms with van der Waals surface area (Å²) in [4.78, 5) is 28.3. The van der Waals surface area contributed by atoms with E-state index in [-0.39, 0.29) is 24.1 Å². The number of thiazole rings is 1. The highest BCUT2D eigenvalue weighted by Crippen LogP contribution is 2.30. The van der Waals surface area contributed by atoms with Gasteiger partial charge in [0.15, 0.2) is 0 Å². The Morgan fingerprint density at radius 3 is 2.72 bits per heavy atom. The predicted octanol–water partition coefficient (Wildman–Crippen LogP) is 4.75. The third kappa shape index (κ3) is 4.07. The molecule has 29 heavy (non-hydrogen) atoms. The van der Waals surface area contributed by atoms with Gasteiger partial charge in [-0.15, -0.1) is 11.3 Å². The Bertz CT molecular complexity index is 992. The number of cyclic esters (lactones) is 1. The number of rotatable bonds is 6. The molecule has 1 fully saturated rings. The van der Waals surface area contributed by atoms with Crippen LogP contribution in [0.25, 0.3) is 10.6 Å². The van der Waals surface area contributed by atoms with E-state index in [2.05, 4.69) is 34.1 Å². The molecule has 0 spiro atoms. The standard InChI is InChI=1S/C21H23N5O2S/c1-13(2)16-12-28-21(27)26(16)18-9-10-22-20(25-18)24-14(3)17-11-23-19(29-17)15-7-5-4-6-8-15/h4-11,13-14,16H,12H2,1-3H3,(H,22,24,25)/t14-,16+/m0/s1. The molecule has 0 radical (unpaired) electrons. The molecular weight excluding hydrogens is 386 g/mol. The third-order valence-electron chi connectivity index (χ3n) is 4.88. The summed E-state index contributed by atoms with van der Waals surface area (Å²) in [6.45, 7) is 6.55. The molecule has 1 aliphatic heterocycles. The maximum absolute atomic E-state index is 12.2. The first-order chi connectivity index (χ1) is 14.0. The lowest BCUT2D eigenvalue weighted by Gasteiger charge is -2.23. The summed E-state index contributed by atoms with van der Waals surface area (Å²) in [6.07, 6.45) is 3.17. The SMILES string of the molecule is CC(C)[C@H]1COC(=O)N1c1ccnc(N[C@@H](C)c2cnc(-c3ccccc3)s2)n1. The smallest absolute Gasteiger partial charge is 0.415 e. The topological polar surface area (TPSA) is 80.2 Å². The average molecular weight is 410 g/mol. The van der Waals surface area contributed by atoms with Crippen molar-refractivity contribution in [1.82, 2.24) is 15.0 Å². The summed E-state index contributed by atoms with van der Waals surface area (Å²) in [5.74, 6) is 1.28. The van der Waals surface area contributed by atoms with E-state index in [1.54, 1.807) is 28.5 Å². The van der Waals surface area contributed by atoms with Crippen LogP contribution in [0, 0.1) is 5.92 Å². The quantitative estimate of drug-likeness (QED) is 0.633. The molecule has 1 aliphatic rings. The van der Waals surface area contributed by atoms with Gasteiger partial charge in [-0.3, -0.25) is 4.90 Å². The lowest BCUT2D eigenvalue weighted by molar-refractivity contribution is 0.177. The molecule has 2 aromatic heterocycles. The molecule has 1 N–H and O–H groups in total. The molecule has 7 nitrogen and oxygen atoms in total. The molecule has 1 saturated heterocycles. The molecule has 0 bridgehead atoms. The van der Waals surface area contributed by atoms with E-state index in [0.717, 1.165) is 15.4 Å². The fraction of sp³-hybridized carbons (Fsp3) is 0.333. The summed E-state index contributed by atoms with van der Waals surface area (Å²) in [7, 11) is 0. The van der Waals surface area contributed by atoms with E-state index in [1.807, 2.05) is 43.5 Å². The van der Waals surface area contributed by atoms with E-state index in [1.165, 1.54) is 0 Å². The van der Waals surface area contributed by atoms with Gasteiger partial charge < -0.3 is 10.1 Å². The number of carbonyl (C=O) groups is 1. The first kappa shape index (κ1) is 19.3. The van der Waals surface area contributed by atoms with Gasteiger partial charge in [-0.1, -0.05) is 44.2 Å². The molecule has 3 heterocycles. The molecule has 0 aliphatic carbocycles. The molecule has 2 atom stereocenters. The Balaban J connectivity index is 1.51. The van der Waals surface area contributed by atoms with Crippen molar-refractivity contribution in [3.8, 4) is 10.6 Å². The predicted molar refractivity (Wildman–Crippen MR) is 114 cm³/mol. The number of benzene rings is 1. The van der Waals surface area contributed by atoms with Crippen molar-refractivity contribution in [2.45, 2.75) is 32.9 Å². The first-order valence-corrected chi connectivity index (χ1v) is 10.4. The maximum atomic E-state index is 12.2. The van der Waals surface area contributed by atoms with Gasteiger partial charge in [0.1, 0.15) is 17.4 Å². The summed E-state index contributed by atoms with van der Waals surface area (Å²) >= 11 is 1.63. The number of nitrogens with one attached hydrogen (secondary N) is 1. The van der Waals surface area contributed by atoms with Crippen molar-refractivity contribution in [2.24, 2.45) is 5.92 Å². The largest absolute Gasteiger partial charge is 0.447 e. The zero-order valence-electron chi connectivity index (χ0n) is 16.6. The normalized spacial score (nSPS) is 17.4. The molecule has 8 heteroatoms. The van der Waals surface area contributed by atoms with E-state index in [0.29, 0.717) is 18.4 Å². The van der Waals surface area contributed by atoms with Crippen LogP contribution in [0.1, 0.15) is 31.7 Å². The minimum absolute atomic E-state index is 0.0216. The van der Waals surface area contributed by atoms with E-state index in [4.69, 9.17) is 4.74 Å². The monoisotopic (exact) mass is 409 g/mol. The Hall–Kier alpha value is -3.00. The van der Waals surface area contributed by atoms with Gasteiger partial charge >= 0.3 is 6.09 Å². The molecule has 0 unspecified atom stereocenters. The summed E-state index contributed by atoms with van der Waals surface area (Å²) < 4.78 is 5.23. The highest BCUT2D eigenvalue weighted by Gasteiger charge is 2.37. The van der Waals surface area contributed by atoms with Crippen molar-refractivity contribution < 1.29 is 9.53 Å². The van der Waals surface area contributed by atoms with Crippen LogP contribution in [0.15, 0.2) is 48.8 Å². The number of ether oxygens (including phenoxy) is 1. The lowest BCUT2D eigenvalue weighted by Crippen LogP contribution is -2.37. The number of nitrogens with zero attached hydrogens (tertiary/aromatic N) is 4. The van der Waals surface area contributed by atoms with Gasteiger partial charge in [-0.2, -0.15) is 4.98 Å². The van der Waals surface area contributed by atoms with Crippen LogP contribution in [-0.4, -0.2) is 33.7 Å². The molecule has 3 aromatic rings. The van der Waals surface area contributed by atoms with Crippen molar-refractivity contribution in [1.29, 1.82) is 0 Å². The fourth-order valence-electron chi connectivity index (χ4n) is 3.21.